The van der Waals surface area contributed by atoms with Crippen molar-refractivity contribution in [2.45, 2.75) is 11.8 Å². The zero-order valence-electron chi connectivity index (χ0n) is 10.3. The van der Waals surface area contributed by atoms with Gasteiger partial charge >= 0.3 is 0 Å². The quantitative estimate of drug-likeness (QED) is 0.807. The highest BCUT2D eigenvalue weighted by Gasteiger charge is 2.19. The van der Waals surface area contributed by atoms with E-state index in [0.717, 1.165) is 10.0 Å². The molecular formula is C13H10BrCl2NO2S. The molecule has 3 nitrogen and oxygen atoms in total. The van der Waals surface area contributed by atoms with Crippen molar-refractivity contribution in [2.24, 2.45) is 0 Å². The molecule has 1 N–H and O–H groups in total. The molecule has 0 saturated carbocycles. The second-order valence-corrected chi connectivity index (χ2v) is 7.44. The van der Waals surface area contributed by atoms with Crippen LogP contribution in [0.4, 0.5) is 5.69 Å². The van der Waals surface area contributed by atoms with Gasteiger partial charge < -0.3 is 0 Å². The van der Waals surface area contributed by atoms with Crippen molar-refractivity contribution in [1.29, 1.82) is 0 Å². The molecule has 0 aliphatic heterocycles. The van der Waals surface area contributed by atoms with Gasteiger partial charge in [0.1, 0.15) is 4.90 Å². The predicted molar refractivity (Wildman–Crippen MR) is 86.1 cm³/mol. The Kier molecular flexibility index (Phi) is 4.64. The second kappa shape index (κ2) is 5.93. The first-order valence-corrected chi connectivity index (χ1v) is 8.57. The number of nitrogens with one attached hydrogen (secondary N) is 1. The molecule has 0 radical (unpaired) electrons. The van der Waals surface area contributed by atoms with Gasteiger partial charge in [0.2, 0.25) is 0 Å². The maximum Gasteiger partial charge on any atom is 0.263 e. The molecule has 0 saturated heterocycles. The van der Waals surface area contributed by atoms with Crippen LogP contribution in [-0.2, 0) is 10.0 Å². The van der Waals surface area contributed by atoms with E-state index in [1.807, 2.05) is 13.0 Å². The van der Waals surface area contributed by atoms with Crippen LogP contribution in [0.2, 0.25) is 10.0 Å². The van der Waals surface area contributed by atoms with Crippen molar-refractivity contribution in [2.75, 3.05) is 4.72 Å². The largest absolute Gasteiger partial charge is 0.279 e. The van der Waals surface area contributed by atoms with Crippen molar-refractivity contribution < 1.29 is 8.42 Å². The van der Waals surface area contributed by atoms with E-state index >= 15 is 0 Å². The normalized spacial score (nSPS) is 11.4. The molecule has 0 amide bonds. The third-order valence-electron chi connectivity index (χ3n) is 2.69. The summed E-state index contributed by atoms with van der Waals surface area (Å²) in [5.74, 6) is 0. The summed E-state index contributed by atoms with van der Waals surface area (Å²) in [6.07, 6.45) is 0. The maximum absolute atomic E-state index is 12.4. The summed E-state index contributed by atoms with van der Waals surface area (Å²) in [4.78, 5) is -0.0500. The lowest BCUT2D eigenvalue weighted by Crippen LogP contribution is -2.14. The van der Waals surface area contributed by atoms with Crippen LogP contribution in [0.3, 0.4) is 0 Å². The standard InChI is InChI=1S/C13H10BrCl2NO2S/c1-8-10(14)3-2-4-12(8)17-20(18,19)13-7-9(15)5-6-11(13)16/h2-7,17H,1H3. The van der Waals surface area contributed by atoms with Crippen LogP contribution in [0.15, 0.2) is 45.8 Å². The van der Waals surface area contributed by atoms with Crippen LogP contribution >= 0.6 is 39.1 Å². The van der Waals surface area contributed by atoms with Crippen LogP contribution < -0.4 is 4.72 Å². The molecule has 0 heterocycles. The van der Waals surface area contributed by atoms with Crippen molar-refractivity contribution in [3.63, 3.8) is 0 Å². The molecule has 2 rings (SSSR count). The minimum atomic E-state index is -3.79. The van der Waals surface area contributed by atoms with Gasteiger partial charge in [0, 0.05) is 9.50 Å². The van der Waals surface area contributed by atoms with Gasteiger partial charge in [0.25, 0.3) is 10.0 Å². The van der Waals surface area contributed by atoms with Gasteiger partial charge in [-0.15, -0.1) is 0 Å². The predicted octanol–water partition coefficient (Wildman–Crippen LogP) is 4.87. The highest BCUT2D eigenvalue weighted by atomic mass is 79.9. The van der Waals surface area contributed by atoms with E-state index in [4.69, 9.17) is 23.2 Å². The summed E-state index contributed by atoms with van der Waals surface area (Å²) < 4.78 is 28.1. The smallest absolute Gasteiger partial charge is 0.263 e. The Morgan fingerprint density at radius 2 is 1.85 bits per heavy atom. The Balaban J connectivity index is 2.46. The molecule has 7 heteroatoms. The number of halogens is 3. The monoisotopic (exact) mass is 393 g/mol. The molecule has 0 aliphatic carbocycles. The summed E-state index contributed by atoms with van der Waals surface area (Å²) in [5, 5.41) is 0.426. The number of benzene rings is 2. The van der Waals surface area contributed by atoms with Gasteiger partial charge in [0.15, 0.2) is 0 Å². The number of anilines is 1. The van der Waals surface area contributed by atoms with Gasteiger partial charge in [-0.05, 0) is 42.8 Å². The van der Waals surface area contributed by atoms with Crippen LogP contribution in [0.25, 0.3) is 0 Å². The van der Waals surface area contributed by atoms with Crippen LogP contribution in [0.1, 0.15) is 5.56 Å². The number of hydrogen-bond donors (Lipinski definition) is 1. The van der Waals surface area contributed by atoms with Gasteiger partial charge in [0.05, 0.1) is 10.7 Å². The fourth-order valence-electron chi connectivity index (χ4n) is 1.60. The lowest BCUT2D eigenvalue weighted by Gasteiger charge is -2.12. The summed E-state index contributed by atoms with van der Waals surface area (Å²) in [5.41, 5.74) is 1.27. The van der Waals surface area contributed by atoms with Gasteiger partial charge in [-0.1, -0.05) is 45.2 Å². The van der Waals surface area contributed by atoms with Gasteiger partial charge in [-0.2, -0.15) is 0 Å². The Labute approximate surface area is 136 Å². The molecule has 106 valence electrons. The molecule has 2 aromatic rings. The van der Waals surface area contributed by atoms with Crippen molar-refractivity contribution in [3.8, 4) is 0 Å². The highest BCUT2D eigenvalue weighted by molar-refractivity contribution is 9.10. The SMILES string of the molecule is Cc1c(Br)cccc1NS(=O)(=O)c1cc(Cl)ccc1Cl. The summed E-state index contributed by atoms with van der Waals surface area (Å²) in [7, 11) is -3.79. The van der Waals surface area contributed by atoms with E-state index in [2.05, 4.69) is 20.7 Å². The maximum atomic E-state index is 12.4. The first kappa shape index (κ1) is 15.6. The Hall–Kier alpha value is -0.750. The Morgan fingerprint density at radius 3 is 2.55 bits per heavy atom. The molecule has 0 spiro atoms. The summed E-state index contributed by atoms with van der Waals surface area (Å²) >= 11 is 15.1. The fourth-order valence-corrected chi connectivity index (χ4v) is 3.85. The van der Waals surface area contributed by atoms with Crippen LogP contribution in [-0.4, -0.2) is 8.42 Å². The molecule has 2 aromatic carbocycles. The average Bonchev–Trinajstić information content (AvgIpc) is 2.37. The molecule has 0 unspecified atom stereocenters. The topological polar surface area (TPSA) is 46.2 Å². The van der Waals surface area contributed by atoms with Gasteiger partial charge in [-0.25, -0.2) is 8.42 Å². The lowest BCUT2D eigenvalue weighted by molar-refractivity contribution is 0.601. The molecule has 0 fully saturated rings. The molecule has 0 aliphatic rings. The zero-order valence-corrected chi connectivity index (χ0v) is 14.2. The van der Waals surface area contributed by atoms with Crippen molar-refractivity contribution >= 4 is 54.8 Å². The Morgan fingerprint density at radius 1 is 1.15 bits per heavy atom. The third kappa shape index (κ3) is 3.28. The molecule has 0 bridgehead atoms. The first-order chi connectivity index (χ1) is 9.31. The van der Waals surface area contributed by atoms with E-state index in [-0.39, 0.29) is 9.92 Å². The number of rotatable bonds is 3. The number of hydrogen-bond acceptors (Lipinski definition) is 2. The summed E-state index contributed by atoms with van der Waals surface area (Å²) in [6, 6.07) is 9.56. The van der Waals surface area contributed by atoms with E-state index in [9.17, 15) is 8.42 Å². The third-order valence-corrected chi connectivity index (χ3v) is 5.64. The summed E-state index contributed by atoms with van der Waals surface area (Å²) in [6.45, 7) is 1.81. The molecule has 0 atom stereocenters. The minimum absolute atomic E-state index is 0.0500. The van der Waals surface area contributed by atoms with Crippen LogP contribution in [0, 0.1) is 6.92 Å². The molecule has 0 aromatic heterocycles. The van der Waals surface area contributed by atoms with E-state index < -0.39 is 10.0 Å². The lowest BCUT2D eigenvalue weighted by atomic mass is 10.2. The zero-order chi connectivity index (χ0) is 14.9. The minimum Gasteiger partial charge on any atom is -0.279 e. The van der Waals surface area contributed by atoms with Crippen molar-refractivity contribution in [3.05, 3.63) is 56.5 Å². The van der Waals surface area contributed by atoms with Crippen LogP contribution in [0.5, 0.6) is 0 Å². The van der Waals surface area contributed by atoms with Crippen molar-refractivity contribution in [1.82, 2.24) is 0 Å². The average molecular weight is 395 g/mol. The first-order valence-electron chi connectivity index (χ1n) is 5.54. The van der Waals surface area contributed by atoms with E-state index in [1.54, 1.807) is 12.1 Å². The fraction of sp³-hybridized carbons (Fsp3) is 0.0769. The number of sulfonamides is 1. The molecular weight excluding hydrogens is 385 g/mol. The van der Waals surface area contributed by atoms with Gasteiger partial charge in [-0.3, -0.25) is 4.72 Å². The second-order valence-electron chi connectivity index (χ2n) is 4.09. The van der Waals surface area contributed by atoms with E-state index in [0.29, 0.717) is 10.7 Å². The molecule has 20 heavy (non-hydrogen) atoms. The Bertz CT molecular complexity index is 763. The van der Waals surface area contributed by atoms with E-state index in [1.165, 1.54) is 18.2 Å². The highest BCUT2D eigenvalue weighted by Crippen LogP contribution is 2.29.